The molecule has 1 saturated heterocycles. The standard InChI is InChI=1S/C11H21BrOS/c1-9(2)3-5-13-6-4-10-7-14-8-11(10)12/h9-11H,3-8H2,1-2H3. The Morgan fingerprint density at radius 1 is 1.36 bits per heavy atom. The van der Waals surface area contributed by atoms with Crippen LogP contribution in [0.4, 0.5) is 0 Å². The molecule has 14 heavy (non-hydrogen) atoms. The second-order valence-electron chi connectivity index (χ2n) is 4.40. The fraction of sp³-hybridized carbons (Fsp3) is 1.00. The van der Waals surface area contributed by atoms with Gasteiger partial charge in [0.15, 0.2) is 0 Å². The monoisotopic (exact) mass is 280 g/mol. The van der Waals surface area contributed by atoms with Gasteiger partial charge in [0.25, 0.3) is 0 Å². The third-order valence-electron chi connectivity index (χ3n) is 2.59. The smallest absolute Gasteiger partial charge is 0.0469 e. The van der Waals surface area contributed by atoms with E-state index in [2.05, 4.69) is 41.5 Å². The molecule has 2 atom stereocenters. The van der Waals surface area contributed by atoms with Gasteiger partial charge in [0, 0.05) is 23.8 Å². The summed E-state index contributed by atoms with van der Waals surface area (Å²) >= 11 is 5.78. The number of thioether (sulfide) groups is 1. The van der Waals surface area contributed by atoms with Crippen molar-refractivity contribution < 1.29 is 4.74 Å². The van der Waals surface area contributed by atoms with E-state index >= 15 is 0 Å². The van der Waals surface area contributed by atoms with E-state index in [4.69, 9.17) is 4.74 Å². The number of alkyl halides is 1. The molecule has 0 spiro atoms. The van der Waals surface area contributed by atoms with Crippen molar-refractivity contribution in [3.63, 3.8) is 0 Å². The zero-order valence-corrected chi connectivity index (χ0v) is 11.6. The molecule has 3 heteroatoms. The molecular weight excluding hydrogens is 260 g/mol. The highest BCUT2D eigenvalue weighted by molar-refractivity contribution is 9.09. The van der Waals surface area contributed by atoms with E-state index in [1.807, 2.05) is 0 Å². The molecule has 1 aliphatic heterocycles. The first kappa shape index (κ1) is 12.9. The zero-order valence-electron chi connectivity index (χ0n) is 9.17. The van der Waals surface area contributed by atoms with Gasteiger partial charge in [-0.05, 0) is 30.4 Å². The second kappa shape index (κ2) is 7.13. The SMILES string of the molecule is CC(C)CCOCCC1CSCC1Br. The molecule has 0 bridgehead atoms. The number of rotatable bonds is 6. The summed E-state index contributed by atoms with van der Waals surface area (Å²) in [5.41, 5.74) is 0. The van der Waals surface area contributed by atoms with Gasteiger partial charge in [-0.2, -0.15) is 11.8 Å². The van der Waals surface area contributed by atoms with Crippen molar-refractivity contribution in [2.75, 3.05) is 24.7 Å². The van der Waals surface area contributed by atoms with E-state index in [1.54, 1.807) is 0 Å². The number of hydrogen-bond donors (Lipinski definition) is 0. The quantitative estimate of drug-likeness (QED) is 0.544. The number of halogens is 1. The summed E-state index contributed by atoms with van der Waals surface area (Å²) in [5, 5.41) is 0. The van der Waals surface area contributed by atoms with Crippen LogP contribution in [0.2, 0.25) is 0 Å². The molecule has 2 unspecified atom stereocenters. The summed E-state index contributed by atoms with van der Waals surface area (Å²) in [6.45, 7) is 6.36. The Hall–Kier alpha value is 0.790. The minimum Gasteiger partial charge on any atom is -0.381 e. The van der Waals surface area contributed by atoms with Gasteiger partial charge in [-0.15, -0.1) is 0 Å². The van der Waals surface area contributed by atoms with Gasteiger partial charge in [0.2, 0.25) is 0 Å². The Balaban J connectivity index is 1.93. The maximum absolute atomic E-state index is 5.62. The summed E-state index contributed by atoms with van der Waals surface area (Å²) in [7, 11) is 0. The van der Waals surface area contributed by atoms with Crippen LogP contribution in [0.25, 0.3) is 0 Å². The predicted octanol–water partition coefficient (Wildman–Crippen LogP) is 3.57. The Bertz CT molecular complexity index is 152. The highest BCUT2D eigenvalue weighted by Gasteiger charge is 2.24. The highest BCUT2D eigenvalue weighted by atomic mass is 79.9. The third-order valence-corrected chi connectivity index (χ3v) is 5.35. The molecule has 0 N–H and O–H groups in total. The zero-order chi connectivity index (χ0) is 10.4. The lowest BCUT2D eigenvalue weighted by atomic mass is 10.1. The number of ether oxygens (including phenoxy) is 1. The van der Waals surface area contributed by atoms with Crippen LogP contribution in [0.1, 0.15) is 26.7 Å². The molecule has 1 rings (SSSR count). The minimum absolute atomic E-state index is 0.723. The Labute approximate surface area is 100 Å². The molecule has 0 amide bonds. The van der Waals surface area contributed by atoms with Crippen molar-refractivity contribution in [2.45, 2.75) is 31.5 Å². The van der Waals surface area contributed by atoms with Crippen LogP contribution in [-0.2, 0) is 4.74 Å². The van der Waals surface area contributed by atoms with Gasteiger partial charge in [0.05, 0.1) is 0 Å². The third kappa shape index (κ3) is 5.04. The topological polar surface area (TPSA) is 9.23 Å². The molecule has 1 fully saturated rings. The van der Waals surface area contributed by atoms with Crippen molar-refractivity contribution in [3.8, 4) is 0 Å². The van der Waals surface area contributed by atoms with E-state index in [-0.39, 0.29) is 0 Å². The van der Waals surface area contributed by atoms with Crippen molar-refractivity contribution in [3.05, 3.63) is 0 Å². The molecule has 0 radical (unpaired) electrons. The molecule has 0 aromatic carbocycles. The molecule has 0 saturated carbocycles. The maximum Gasteiger partial charge on any atom is 0.0469 e. The summed E-state index contributed by atoms with van der Waals surface area (Å²) in [6.07, 6.45) is 2.41. The van der Waals surface area contributed by atoms with Gasteiger partial charge in [-0.3, -0.25) is 0 Å². The van der Waals surface area contributed by atoms with Crippen LogP contribution in [0.5, 0.6) is 0 Å². The van der Waals surface area contributed by atoms with Crippen LogP contribution in [0.15, 0.2) is 0 Å². The first-order chi connectivity index (χ1) is 6.70. The molecule has 0 aliphatic carbocycles. The lowest BCUT2D eigenvalue weighted by Gasteiger charge is -2.13. The molecule has 0 aromatic rings. The van der Waals surface area contributed by atoms with Gasteiger partial charge in [0.1, 0.15) is 0 Å². The summed E-state index contributed by atoms with van der Waals surface area (Å²) in [4.78, 5) is 0.723. The Kier molecular flexibility index (Phi) is 6.55. The van der Waals surface area contributed by atoms with Crippen molar-refractivity contribution in [1.82, 2.24) is 0 Å². The normalized spacial score (nSPS) is 27.4. The lowest BCUT2D eigenvalue weighted by molar-refractivity contribution is 0.113. The molecule has 1 heterocycles. The minimum atomic E-state index is 0.723. The Morgan fingerprint density at radius 2 is 2.14 bits per heavy atom. The first-order valence-corrected chi connectivity index (χ1v) is 7.56. The largest absolute Gasteiger partial charge is 0.381 e. The van der Waals surface area contributed by atoms with E-state index in [1.165, 1.54) is 24.3 Å². The predicted molar refractivity (Wildman–Crippen MR) is 68.4 cm³/mol. The van der Waals surface area contributed by atoms with Crippen LogP contribution < -0.4 is 0 Å². The molecule has 1 aliphatic rings. The lowest BCUT2D eigenvalue weighted by Crippen LogP contribution is -2.14. The molecular formula is C11H21BrOS. The second-order valence-corrected chi connectivity index (χ2v) is 6.65. The van der Waals surface area contributed by atoms with E-state index in [0.717, 1.165) is 29.9 Å². The van der Waals surface area contributed by atoms with Crippen molar-refractivity contribution in [1.29, 1.82) is 0 Å². The van der Waals surface area contributed by atoms with Crippen LogP contribution in [0, 0.1) is 11.8 Å². The first-order valence-electron chi connectivity index (χ1n) is 5.49. The fourth-order valence-corrected chi connectivity index (χ4v) is 4.09. The average molecular weight is 281 g/mol. The van der Waals surface area contributed by atoms with Crippen LogP contribution in [0.3, 0.4) is 0 Å². The van der Waals surface area contributed by atoms with E-state index < -0.39 is 0 Å². The van der Waals surface area contributed by atoms with Crippen molar-refractivity contribution in [2.24, 2.45) is 11.8 Å². The van der Waals surface area contributed by atoms with Crippen LogP contribution >= 0.6 is 27.7 Å². The van der Waals surface area contributed by atoms with Gasteiger partial charge in [-0.25, -0.2) is 0 Å². The Morgan fingerprint density at radius 3 is 2.71 bits per heavy atom. The number of hydrogen-bond acceptors (Lipinski definition) is 2. The fourth-order valence-electron chi connectivity index (χ4n) is 1.49. The van der Waals surface area contributed by atoms with E-state index in [0.29, 0.717) is 0 Å². The molecule has 1 nitrogen and oxygen atoms in total. The summed E-state index contributed by atoms with van der Waals surface area (Å²) in [6, 6.07) is 0. The summed E-state index contributed by atoms with van der Waals surface area (Å²) in [5.74, 6) is 4.18. The van der Waals surface area contributed by atoms with Gasteiger partial charge in [-0.1, -0.05) is 29.8 Å². The van der Waals surface area contributed by atoms with Crippen LogP contribution in [-0.4, -0.2) is 29.5 Å². The van der Waals surface area contributed by atoms with Crippen molar-refractivity contribution >= 4 is 27.7 Å². The van der Waals surface area contributed by atoms with E-state index in [9.17, 15) is 0 Å². The molecule has 0 aromatic heterocycles. The van der Waals surface area contributed by atoms with Gasteiger partial charge >= 0.3 is 0 Å². The molecule has 84 valence electrons. The highest BCUT2D eigenvalue weighted by Crippen LogP contribution is 2.31. The van der Waals surface area contributed by atoms with Gasteiger partial charge < -0.3 is 4.74 Å². The maximum atomic E-state index is 5.62. The summed E-state index contributed by atoms with van der Waals surface area (Å²) < 4.78 is 5.62. The average Bonchev–Trinajstić information content (AvgIpc) is 2.51.